The Morgan fingerprint density at radius 3 is 2.72 bits per heavy atom. The number of amides is 1. The van der Waals surface area contributed by atoms with E-state index in [1.807, 2.05) is 16.8 Å². The summed E-state index contributed by atoms with van der Waals surface area (Å²) in [4.78, 5) is 11.6. The molecule has 0 spiro atoms. The van der Waals surface area contributed by atoms with Crippen LogP contribution in [0.3, 0.4) is 0 Å². The lowest BCUT2D eigenvalue weighted by molar-refractivity contribution is -0.120. The largest absolute Gasteiger partial charge is 0.356 e. The Bertz CT molecular complexity index is 319. The Morgan fingerprint density at radius 2 is 2.06 bits per heavy atom. The molecule has 0 aliphatic heterocycles. The number of carbonyl (C=O) groups is 1. The van der Waals surface area contributed by atoms with Crippen LogP contribution >= 0.6 is 11.3 Å². The van der Waals surface area contributed by atoms with Crippen molar-refractivity contribution in [2.75, 3.05) is 6.54 Å². The van der Waals surface area contributed by atoms with E-state index in [0.29, 0.717) is 6.42 Å². The van der Waals surface area contributed by atoms with Crippen molar-refractivity contribution in [3.05, 3.63) is 22.4 Å². The molecule has 1 rings (SSSR count). The molecule has 1 N–H and O–H groups in total. The summed E-state index contributed by atoms with van der Waals surface area (Å²) < 4.78 is 0. The minimum absolute atomic E-state index is 0.149. The summed E-state index contributed by atoms with van der Waals surface area (Å²) in [6, 6.07) is 2.01. The van der Waals surface area contributed by atoms with Gasteiger partial charge in [-0.25, -0.2) is 0 Å². The van der Waals surface area contributed by atoms with Crippen LogP contribution in [0.25, 0.3) is 0 Å². The number of carbonyl (C=O) groups excluding carboxylic acids is 1. The van der Waals surface area contributed by atoms with E-state index in [0.717, 1.165) is 24.4 Å². The Kier molecular flexibility index (Phi) is 7.74. The van der Waals surface area contributed by atoms with Crippen LogP contribution < -0.4 is 5.32 Å². The molecule has 102 valence electrons. The Hall–Kier alpha value is -0.830. The van der Waals surface area contributed by atoms with Gasteiger partial charge in [0.15, 0.2) is 0 Å². The van der Waals surface area contributed by atoms with Crippen molar-refractivity contribution < 1.29 is 4.79 Å². The number of thiophene rings is 1. The lowest BCUT2D eigenvalue weighted by atomic mass is 10.0. The minimum Gasteiger partial charge on any atom is -0.356 e. The van der Waals surface area contributed by atoms with E-state index in [1.165, 1.54) is 25.7 Å². The van der Waals surface area contributed by atoms with Gasteiger partial charge >= 0.3 is 0 Å². The van der Waals surface area contributed by atoms with E-state index in [1.54, 1.807) is 11.3 Å². The third kappa shape index (κ3) is 7.49. The molecule has 0 radical (unpaired) electrons. The molecule has 18 heavy (non-hydrogen) atoms. The number of hydrogen-bond acceptors (Lipinski definition) is 2. The fraction of sp³-hybridized carbons (Fsp3) is 0.667. The van der Waals surface area contributed by atoms with Gasteiger partial charge in [-0.1, -0.05) is 39.5 Å². The van der Waals surface area contributed by atoms with E-state index < -0.39 is 0 Å². The highest BCUT2D eigenvalue weighted by atomic mass is 32.1. The van der Waals surface area contributed by atoms with Crippen LogP contribution in [0, 0.1) is 5.92 Å². The van der Waals surface area contributed by atoms with Gasteiger partial charge in [0.25, 0.3) is 0 Å². The van der Waals surface area contributed by atoms with Crippen LogP contribution in [0.15, 0.2) is 16.8 Å². The molecule has 0 unspecified atom stereocenters. The zero-order valence-corrected chi connectivity index (χ0v) is 12.4. The fourth-order valence-corrected chi connectivity index (χ4v) is 2.57. The summed E-state index contributed by atoms with van der Waals surface area (Å²) in [6.07, 6.45) is 6.79. The van der Waals surface area contributed by atoms with Crippen LogP contribution in [-0.2, 0) is 11.2 Å². The summed E-state index contributed by atoms with van der Waals surface area (Å²) in [5.41, 5.74) is 1.12. The van der Waals surface area contributed by atoms with E-state index in [-0.39, 0.29) is 5.91 Å². The highest BCUT2D eigenvalue weighted by molar-refractivity contribution is 7.07. The molecule has 0 aromatic carbocycles. The van der Waals surface area contributed by atoms with Crippen LogP contribution in [0.5, 0.6) is 0 Å². The summed E-state index contributed by atoms with van der Waals surface area (Å²) >= 11 is 1.64. The first-order valence-corrected chi connectivity index (χ1v) is 7.90. The van der Waals surface area contributed by atoms with E-state index in [2.05, 4.69) is 19.2 Å². The van der Waals surface area contributed by atoms with Crippen molar-refractivity contribution in [3.8, 4) is 0 Å². The van der Waals surface area contributed by atoms with Gasteiger partial charge in [0.2, 0.25) is 5.91 Å². The second-order valence-electron chi connectivity index (χ2n) is 5.26. The summed E-state index contributed by atoms with van der Waals surface area (Å²) in [5, 5.41) is 7.03. The predicted octanol–water partition coefficient (Wildman–Crippen LogP) is 4.01. The molecule has 0 atom stereocenters. The lowest BCUT2D eigenvalue weighted by Crippen LogP contribution is -2.25. The van der Waals surface area contributed by atoms with Crippen molar-refractivity contribution in [2.45, 2.75) is 52.4 Å². The Labute approximate surface area is 115 Å². The SMILES string of the molecule is CC(C)CCCCCCNC(=O)Cc1ccsc1. The lowest BCUT2D eigenvalue weighted by Gasteiger charge is -2.06. The molecular weight excluding hydrogens is 242 g/mol. The van der Waals surface area contributed by atoms with Crippen molar-refractivity contribution >= 4 is 17.2 Å². The Morgan fingerprint density at radius 1 is 1.28 bits per heavy atom. The molecule has 0 saturated heterocycles. The molecule has 0 bridgehead atoms. The van der Waals surface area contributed by atoms with Gasteiger partial charge in [0, 0.05) is 6.54 Å². The van der Waals surface area contributed by atoms with Crippen LogP contribution in [0.2, 0.25) is 0 Å². The Balaban J connectivity index is 1.93. The van der Waals surface area contributed by atoms with Crippen molar-refractivity contribution in [1.29, 1.82) is 0 Å². The van der Waals surface area contributed by atoms with Gasteiger partial charge in [0.1, 0.15) is 0 Å². The minimum atomic E-state index is 0.149. The first-order chi connectivity index (χ1) is 8.68. The smallest absolute Gasteiger partial charge is 0.224 e. The van der Waals surface area contributed by atoms with Crippen molar-refractivity contribution in [1.82, 2.24) is 5.32 Å². The highest BCUT2D eigenvalue weighted by Gasteiger charge is 2.02. The van der Waals surface area contributed by atoms with Gasteiger partial charge in [-0.15, -0.1) is 0 Å². The monoisotopic (exact) mass is 267 g/mol. The molecule has 1 aromatic heterocycles. The van der Waals surface area contributed by atoms with Gasteiger partial charge in [0.05, 0.1) is 6.42 Å². The highest BCUT2D eigenvalue weighted by Crippen LogP contribution is 2.09. The maximum absolute atomic E-state index is 11.6. The van der Waals surface area contributed by atoms with Gasteiger partial charge in [-0.2, -0.15) is 11.3 Å². The number of unbranched alkanes of at least 4 members (excludes halogenated alkanes) is 3. The molecule has 0 aliphatic carbocycles. The summed E-state index contributed by atoms with van der Waals surface area (Å²) in [5.74, 6) is 0.964. The third-order valence-corrected chi connectivity index (χ3v) is 3.71. The van der Waals surface area contributed by atoms with Crippen molar-refractivity contribution in [2.24, 2.45) is 5.92 Å². The second-order valence-corrected chi connectivity index (χ2v) is 6.04. The molecule has 0 fully saturated rings. The normalized spacial score (nSPS) is 10.8. The number of nitrogens with one attached hydrogen (secondary N) is 1. The fourth-order valence-electron chi connectivity index (χ4n) is 1.90. The molecule has 1 aromatic rings. The maximum Gasteiger partial charge on any atom is 0.224 e. The average Bonchev–Trinajstić information content (AvgIpc) is 2.80. The molecule has 0 aliphatic rings. The molecule has 3 heteroatoms. The molecule has 1 heterocycles. The average molecular weight is 267 g/mol. The van der Waals surface area contributed by atoms with Gasteiger partial charge in [-0.3, -0.25) is 4.79 Å². The first-order valence-electron chi connectivity index (χ1n) is 6.96. The second kappa shape index (κ2) is 9.15. The predicted molar refractivity (Wildman–Crippen MR) is 79.0 cm³/mol. The van der Waals surface area contributed by atoms with E-state index >= 15 is 0 Å². The van der Waals surface area contributed by atoms with E-state index in [9.17, 15) is 4.79 Å². The molecular formula is C15H25NOS. The molecule has 2 nitrogen and oxygen atoms in total. The topological polar surface area (TPSA) is 29.1 Å². The maximum atomic E-state index is 11.6. The number of rotatable bonds is 9. The zero-order chi connectivity index (χ0) is 13.2. The number of hydrogen-bond donors (Lipinski definition) is 1. The summed E-state index contributed by atoms with van der Waals surface area (Å²) in [7, 11) is 0. The van der Waals surface area contributed by atoms with Crippen LogP contribution in [-0.4, -0.2) is 12.5 Å². The quantitative estimate of drug-likeness (QED) is 0.673. The summed E-state index contributed by atoms with van der Waals surface area (Å²) in [6.45, 7) is 5.36. The standard InChI is InChI=1S/C15H25NOS/c1-13(2)7-5-3-4-6-9-16-15(17)11-14-8-10-18-12-14/h8,10,12-13H,3-7,9,11H2,1-2H3,(H,16,17). The third-order valence-electron chi connectivity index (χ3n) is 2.98. The van der Waals surface area contributed by atoms with Crippen LogP contribution in [0.4, 0.5) is 0 Å². The molecule has 1 amide bonds. The molecule has 0 saturated carbocycles. The van der Waals surface area contributed by atoms with Crippen molar-refractivity contribution in [3.63, 3.8) is 0 Å². The van der Waals surface area contributed by atoms with Gasteiger partial charge < -0.3 is 5.32 Å². The first kappa shape index (κ1) is 15.2. The zero-order valence-electron chi connectivity index (χ0n) is 11.6. The van der Waals surface area contributed by atoms with Gasteiger partial charge in [-0.05, 0) is 34.7 Å². The van der Waals surface area contributed by atoms with E-state index in [4.69, 9.17) is 0 Å². The van der Waals surface area contributed by atoms with Crippen LogP contribution in [0.1, 0.15) is 51.5 Å².